The molecule has 2 aromatic carbocycles. The third-order valence-corrected chi connectivity index (χ3v) is 5.23. The fourth-order valence-corrected chi connectivity index (χ4v) is 3.58. The molecule has 28 heavy (non-hydrogen) atoms. The van der Waals surface area contributed by atoms with Gasteiger partial charge in [0.1, 0.15) is 5.69 Å². The molecule has 4 rings (SSSR count). The smallest absolute Gasteiger partial charge is 0.267 e. The predicted octanol–water partition coefficient (Wildman–Crippen LogP) is 4.67. The highest BCUT2D eigenvalue weighted by Crippen LogP contribution is 2.23. The molecule has 2 aromatic heterocycles. The first-order valence-electron chi connectivity index (χ1n) is 8.80. The summed E-state index contributed by atoms with van der Waals surface area (Å²) >= 11 is 1.58. The maximum atomic E-state index is 12.8. The Hall–Kier alpha value is -3.51. The molecule has 5 nitrogen and oxygen atoms in total. The van der Waals surface area contributed by atoms with Crippen molar-refractivity contribution in [1.29, 1.82) is 0 Å². The number of benzene rings is 2. The van der Waals surface area contributed by atoms with Crippen LogP contribution in [-0.2, 0) is 0 Å². The number of aromatic nitrogens is 2. The molecule has 0 spiro atoms. The molecule has 0 unspecified atom stereocenters. The highest BCUT2D eigenvalue weighted by Gasteiger charge is 2.18. The monoisotopic (exact) mass is 386 g/mol. The van der Waals surface area contributed by atoms with Crippen LogP contribution in [0.2, 0.25) is 0 Å². The first-order valence-corrected chi connectivity index (χ1v) is 9.68. The molecular weight excluding hydrogens is 368 g/mol. The average molecular weight is 386 g/mol. The summed E-state index contributed by atoms with van der Waals surface area (Å²) in [5.74, 6) is -0.300. The Bertz CT molecular complexity index is 1110. The summed E-state index contributed by atoms with van der Waals surface area (Å²) in [6.45, 7) is 2.01. The molecule has 0 radical (unpaired) electrons. The second kappa shape index (κ2) is 8.02. The van der Waals surface area contributed by atoms with Crippen LogP contribution in [0, 0.1) is 6.92 Å². The van der Waals surface area contributed by atoms with Crippen molar-refractivity contribution < 1.29 is 4.79 Å². The van der Waals surface area contributed by atoms with Crippen molar-refractivity contribution in [3.05, 3.63) is 94.3 Å². The molecule has 0 saturated heterocycles. The van der Waals surface area contributed by atoms with Gasteiger partial charge in [-0.1, -0.05) is 48.5 Å². The predicted molar refractivity (Wildman–Crippen MR) is 113 cm³/mol. The van der Waals surface area contributed by atoms with E-state index in [-0.39, 0.29) is 5.91 Å². The van der Waals surface area contributed by atoms with Gasteiger partial charge in [0.05, 0.1) is 17.5 Å². The first-order chi connectivity index (χ1) is 13.7. The number of carbonyl (C=O) groups excluding carboxylic acids is 1. The molecule has 0 fully saturated rings. The van der Waals surface area contributed by atoms with Gasteiger partial charge in [-0.3, -0.25) is 4.79 Å². The van der Waals surface area contributed by atoms with Crippen molar-refractivity contribution in [2.75, 3.05) is 0 Å². The molecule has 2 heterocycles. The summed E-state index contributed by atoms with van der Waals surface area (Å²) < 4.78 is 1.71. The largest absolute Gasteiger partial charge is 0.275 e. The Morgan fingerprint density at radius 3 is 2.46 bits per heavy atom. The maximum absolute atomic E-state index is 12.8. The number of hydrogen-bond acceptors (Lipinski definition) is 4. The quantitative estimate of drug-likeness (QED) is 0.400. The zero-order valence-electron chi connectivity index (χ0n) is 15.2. The highest BCUT2D eigenvalue weighted by atomic mass is 32.1. The lowest BCUT2D eigenvalue weighted by molar-refractivity contribution is 0.0956. The molecule has 6 heteroatoms. The highest BCUT2D eigenvalue weighted by molar-refractivity contribution is 7.11. The van der Waals surface area contributed by atoms with E-state index in [9.17, 15) is 4.79 Å². The average Bonchev–Trinajstić information content (AvgIpc) is 3.36. The topological polar surface area (TPSA) is 59.3 Å². The van der Waals surface area contributed by atoms with Crippen molar-refractivity contribution in [1.82, 2.24) is 15.2 Å². The lowest BCUT2D eigenvalue weighted by Gasteiger charge is -2.01. The number of rotatable bonds is 5. The zero-order valence-corrected chi connectivity index (χ0v) is 16.1. The Labute approximate surface area is 167 Å². The Morgan fingerprint density at radius 2 is 1.79 bits per heavy atom. The van der Waals surface area contributed by atoms with Crippen LogP contribution in [0.15, 0.2) is 83.4 Å². The van der Waals surface area contributed by atoms with Crippen molar-refractivity contribution in [3.63, 3.8) is 0 Å². The van der Waals surface area contributed by atoms with E-state index in [1.54, 1.807) is 28.4 Å². The summed E-state index contributed by atoms with van der Waals surface area (Å²) in [6.07, 6.45) is 3.40. The minimum Gasteiger partial charge on any atom is -0.267 e. The van der Waals surface area contributed by atoms with Gasteiger partial charge in [-0.25, -0.2) is 10.1 Å². The van der Waals surface area contributed by atoms with Crippen LogP contribution in [0.25, 0.3) is 16.9 Å². The van der Waals surface area contributed by atoms with Gasteiger partial charge in [-0.2, -0.15) is 10.2 Å². The second-order valence-electron chi connectivity index (χ2n) is 6.20. The molecule has 0 atom stereocenters. The van der Waals surface area contributed by atoms with Crippen LogP contribution in [0.1, 0.15) is 20.8 Å². The van der Waals surface area contributed by atoms with E-state index < -0.39 is 0 Å². The maximum Gasteiger partial charge on any atom is 0.275 e. The molecule has 1 amide bonds. The summed E-state index contributed by atoms with van der Waals surface area (Å²) in [4.78, 5) is 13.8. The van der Waals surface area contributed by atoms with Crippen molar-refractivity contribution in [2.45, 2.75) is 6.92 Å². The van der Waals surface area contributed by atoms with E-state index in [1.807, 2.05) is 79.0 Å². The van der Waals surface area contributed by atoms with Crippen LogP contribution in [0.4, 0.5) is 0 Å². The fourth-order valence-electron chi connectivity index (χ4n) is 2.79. The third-order valence-electron chi connectivity index (χ3n) is 4.28. The first kappa shape index (κ1) is 17.9. The summed E-state index contributed by atoms with van der Waals surface area (Å²) in [7, 11) is 0. The van der Waals surface area contributed by atoms with E-state index in [0.29, 0.717) is 11.3 Å². The molecule has 0 bridgehead atoms. The second-order valence-corrected chi connectivity index (χ2v) is 7.15. The zero-order chi connectivity index (χ0) is 19.3. The molecule has 1 N–H and O–H groups in total. The molecule has 4 aromatic rings. The fraction of sp³-hybridized carbons (Fsp3) is 0.0455. The number of para-hydroxylation sites is 1. The molecule has 0 saturated carbocycles. The Kier molecular flexibility index (Phi) is 5.12. The molecular formula is C22H18N4OS. The number of thiophene rings is 1. The van der Waals surface area contributed by atoms with Crippen molar-refractivity contribution in [3.8, 4) is 16.9 Å². The number of amides is 1. The number of aryl methyl sites for hydroxylation is 1. The summed E-state index contributed by atoms with van der Waals surface area (Å²) in [5.41, 5.74) is 6.60. The Balaban J connectivity index is 1.66. The summed E-state index contributed by atoms with van der Waals surface area (Å²) in [6, 6.07) is 21.4. The van der Waals surface area contributed by atoms with E-state index in [4.69, 9.17) is 0 Å². The number of hydrogen-bond donors (Lipinski definition) is 1. The summed E-state index contributed by atoms with van der Waals surface area (Å²) in [5, 5.41) is 10.8. The lowest BCUT2D eigenvalue weighted by Crippen LogP contribution is -2.17. The minimum absolute atomic E-state index is 0.300. The molecule has 0 aliphatic carbocycles. The number of carbonyl (C=O) groups is 1. The Morgan fingerprint density at radius 1 is 1.07 bits per heavy atom. The molecule has 0 aliphatic heterocycles. The van der Waals surface area contributed by atoms with Gasteiger partial charge in [0, 0.05) is 16.6 Å². The van der Waals surface area contributed by atoms with Crippen molar-refractivity contribution in [2.24, 2.45) is 5.10 Å². The third kappa shape index (κ3) is 3.77. The van der Waals surface area contributed by atoms with E-state index in [1.165, 1.54) is 0 Å². The minimum atomic E-state index is -0.300. The standard InChI is InChI=1S/C22H18N4OS/c1-16-12-13-28-20(16)14-23-24-22(27)19-15-26(18-10-6-3-7-11-18)25-21(19)17-8-4-2-5-9-17/h2-15H,1H3,(H,24,27)/b23-14+. The molecule has 0 aliphatic rings. The van der Waals surface area contributed by atoms with Crippen LogP contribution >= 0.6 is 11.3 Å². The van der Waals surface area contributed by atoms with Crippen LogP contribution in [-0.4, -0.2) is 21.9 Å². The number of nitrogens with one attached hydrogen (secondary N) is 1. The van der Waals surface area contributed by atoms with Gasteiger partial charge in [0.15, 0.2) is 0 Å². The van der Waals surface area contributed by atoms with Gasteiger partial charge < -0.3 is 0 Å². The van der Waals surface area contributed by atoms with Gasteiger partial charge in [0.2, 0.25) is 0 Å². The number of hydrazone groups is 1. The van der Waals surface area contributed by atoms with E-state index >= 15 is 0 Å². The van der Waals surface area contributed by atoms with Gasteiger partial charge in [-0.15, -0.1) is 11.3 Å². The van der Waals surface area contributed by atoms with E-state index in [2.05, 4.69) is 15.6 Å². The molecule has 138 valence electrons. The lowest BCUT2D eigenvalue weighted by atomic mass is 10.1. The SMILES string of the molecule is Cc1ccsc1/C=N/NC(=O)c1cn(-c2ccccc2)nc1-c1ccccc1. The number of nitrogens with zero attached hydrogens (tertiary/aromatic N) is 3. The van der Waals surface area contributed by atoms with Crippen LogP contribution in [0.5, 0.6) is 0 Å². The van der Waals surface area contributed by atoms with Gasteiger partial charge in [0.25, 0.3) is 5.91 Å². The van der Waals surface area contributed by atoms with E-state index in [0.717, 1.165) is 21.7 Å². The van der Waals surface area contributed by atoms with Crippen LogP contribution < -0.4 is 5.43 Å². The van der Waals surface area contributed by atoms with Crippen molar-refractivity contribution >= 4 is 23.5 Å². The van der Waals surface area contributed by atoms with Gasteiger partial charge in [-0.05, 0) is 36.1 Å². The van der Waals surface area contributed by atoms with Gasteiger partial charge >= 0.3 is 0 Å². The normalized spacial score (nSPS) is 11.0. The van der Waals surface area contributed by atoms with Crippen LogP contribution in [0.3, 0.4) is 0 Å².